The van der Waals surface area contributed by atoms with Crippen LogP contribution in [0.25, 0.3) is 0 Å². The first-order chi connectivity index (χ1) is 10.3. The van der Waals surface area contributed by atoms with Gasteiger partial charge in [-0.25, -0.2) is 0 Å². The zero-order valence-electron chi connectivity index (χ0n) is 12.5. The van der Waals surface area contributed by atoms with Gasteiger partial charge in [0.2, 0.25) is 0 Å². The molecule has 114 valence electrons. The molecule has 0 N–H and O–H groups in total. The Morgan fingerprint density at radius 1 is 0.727 bits per heavy atom. The second-order valence-corrected chi connectivity index (χ2v) is 9.31. The summed E-state index contributed by atoms with van der Waals surface area (Å²) in [5, 5.41) is 4.47. The van der Waals surface area contributed by atoms with Gasteiger partial charge in [-0.1, -0.05) is 0 Å². The van der Waals surface area contributed by atoms with Gasteiger partial charge in [-0.05, 0) is 0 Å². The van der Waals surface area contributed by atoms with Crippen LogP contribution >= 0.6 is 7.92 Å². The Bertz CT molecular complexity index is 689. The number of benzene rings is 3. The van der Waals surface area contributed by atoms with E-state index in [9.17, 15) is 0 Å². The van der Waals surface area contributed by atoms with Gasteiger partial charge < -0.3 is 0 Å². The third kappa shape index (κ3) is 3.91. The normalized spacial score (nSPS) is 10.3. The number of hydrogen-bond donors (Lipinski definition) is 0. The van der Waals surface area contributed by atoms with Gasteiger partial charge in [0, 0.05) is 17.1 Å². The van der Waals surface area contributed by atoms with Crippen molar-refractivity contribution in [3.8, 4) is 0 Å². The van der Waals surface area contributed by atoms with Crippen molar-refractivity contribution in [3.63, 3.8) is 0 Å². The van der Waals surface area contributed by atoms with Crippen LogP contribution in [0.3, 0.4) is 0 Å². The average Bonchev–Trinajstić information content (AvgIpc) is 2.52. The van der Waals surface area contributed by atoms with Crippen molar-refractivity contribution in [1.29, 1.82) is 0 Å². The van der Waals surface area contributed by atoms with E-state index in [0.717, 1.165) is 0 Å². The second kappa shape index (κ2) is 8.13. The summed E-state index contributed by atoms with van der Waals surface area (Å²) in [6.07, 6.45) is 0. The van der Waals surface area contributed by atoms with Crippen molar-refractivity contribution in [2.75, 3.05) is 0 Å². The number of hydrogen-bond acceptors (Lipinski definition) is 0. The van der Waals surface area contributed by atoms with Crippen LogP contribution in [0.4, 0.5) is 0 Å². The molecule has 0 saturated carbocycles. The van der Waals surface area contributed by atoms with Crippen molar-refractivity contribution in [2.24, 2.45) is 0 Å². The predicted octanol–water partition coefficient (Wildman–Crippen LogP) is 1.74. The molecule has 0 heterocycles. The molecule has 3 aromatic rings. The minimum absolute atomic E-state index is 0. The summed E-state index contributed by atoms with van der Waals surface area (Å²) in [5.74, 6) is 0. The fraction of sp³-hybridized carbons (Fsp3) is 0.0526. The van der Waals surface area contributed by atoms with Crippen LogP contribution in [0.15, 0.2) is 78.9 Å². The molecule has 3 rings (SSSR count). The van der Waals surface area contributed by atoms with Gasteiger partial charge in [0.1, 0.15) is 0 Å². The summed E-state index contributed by atoms with van der Waals surface area (Å²) < 4.78 is 1.52. The Morgan fingerprint density at radius 2 is 1.23 bits per heavy atom. The molecular formula is C19H19CuGeP+. The van der Waals surface area contributed by atoms with Crippen LogP contribution in [0, 0.1) is 6.92 Å². The molecule has 0 atom stereocenters. The minimum atomic E-state index is -0.893. The third-order valence-corrected chi connectivity index (χ3v) is 8.47. The van der Waals surface area contributed by atoms with Crippen LogP contribution in [0.2, 0.25) is 0 Å². The van der Waals surface area contributed by atoms with E-state index in [-0.39, 0.29) is 17.1 Å². The van der Waals surface area contributed by atoms with E-state index in [1.165, 1.54) is 37.1 Å². The van der Waals surface area contributed by atoms with E-state index >= 15 is 0 Å². The van der Waals surface area contributed by atoms with E-state index < -0.39 is 7.92 Å². The fourth-order valence-corrected chi connectivity index (χ4v) is 7.34. The smallest absolute Gasteiger partial charge is 0 e. The summed E-state index contributed by atoms with van der Waals surface area (Å²) in [6.45, 7) is 2.18. The largest absolute Gasteiger partial charge is 0 e. The standard InChI is InChI=1S/C19H18GeP.Cu/c1-15-12-13-19(18(20)14-15)21(16-8-4-2-5-9-16)17-10-6-3-7-11-17;/h2-14H,20H2,1H3;/p+1. The zero-order chi connectivity index (χ0) is 14.7. The molecule has 2 radical (unpaired) electrons. The molecule has 0 unspecified atom stereocenters. The third-order valence-electron chi connectivity index (χ3n) is 3.66. The van der Waals surface area contributed by atoms with Crippen LogP contribution in [-0.4, -0.2) is 16.5 Å². The average molecular weight is 414 g/mol. The summed E-state index contributed by atoms with van der Waals surface area (Å²) in [5.41, 5.74) is 1.36. The Hall–Kier alpha value is -0.848. The van der Waals surface area contributed by atoms with Gasteiger partial charge in [-0.3, -0.25) is 0 Å². The minimum Gasteiger partial charge on any atom is 0 e. The molecule has 0 spiro atoms. The monoisotopic (exact) mass is 415 g/mol. The van der Waals surface area contributed by atoms with Crippen LogP contribution in [0.5, 0.6) is 0 Å². The van der Waals surface area contributed by atoms with Crippen LogP contribution < -0.4 is 20.3 Å². The van der Waals surface area contributed by atoms with E-state index in [1.807, 2.05) is 0 Å². The van der Waals surface area contributed by atoms with Gasteiger partial charge in [0.25, 0.3) is 0 Å². The predicted molar refractivity (Wildman–Crippen MR) is 99.5 cm³/mol. The van der Waals surface area contributed by atoms with E-state index in [2.05, 4.69) is 85.8 Å². The molecule has 0 aromatic heterocycles. The topological polar surface area (TPSA) is 0 Å². The van der Waals surface area contributed by atoms with Gasteiger partial charge in [-0.15, -0.1) is 0 Å². The van der Waals surface area contributed by atoms with Gasteiger partial charge in [0.15, 0.2) is 0 Å². The molecule has 0 saturated heterocycles. The molecule has 0 fully saturated rings. The molecular weight excluding hydrogens is 395 g/mol. The fourth-order valence-electron chi connectivity index (χ4n) is 2.65. The van der Waals surface area contributed by atoms with Crippen molar-refractivity contribution in [3.05, 3.63) is 84.4 Å². The molecule has 0 aliphatic heterocycles. The Balaban J connectivity index is 0.00000176. The molecule has 0 aliphatic carbocycles. The maximum Gasteiger partial charge on any atom is 0 e. The van der Waals surface area contributed by atoms with Crippen molar-refractivity contribution in [2.45, 2.75) is 6.92 Å². The first kappa shape index (κ1) is 17.5. The van der Waals surface area contributed by atoms with Gasteiger partial charge in [0.05, 0.1) is 0 Å². The Kier molecular flexibility index (Phi) is 6.47. The van der Waals surface area contributed by atoms with E-state index in [4.69, 9.17) is 0 Å². The maximum atomic E-state index is 2.35. The SMILES string of the molecule is Cc1ccc([PH+](c2ccccc2)c2ccccc2)[c]([GeH2])c1.[Cu]. The second-order valence-electron chi connectivity index (χ2n) is 5.27. The summed E-state index contributed by atoms with van der Waals surface area (Å²) in [7, 11) is -0.893. The Morgan fingerprint density at radius 3 is 1.68 bits per heavy atom. The molecule has 0 nitrogen and oxygen atoms in total. The van der Waals surface area contributed by atoms with E-state index in [1.54, 1.807) is 5.30 Å². The van der Waals surface area contributed by atoms with Crippen LogP contribution in [0.1, 0.15) is 5.56 Å². The van der Waals surface area contributed by atoms with Crippen molar-refractivity contribution in [1.82, 2.24) is 0 Å². The number of aryl methyl sites for hydroxylation is 1. The first-order valence-corrected chi connectivity index (χ1v) is 10.1. The maximum absolute atomic E-state index is 2.35. The molecule has 22 heavy (non-hydrogen) atoms. The van der Waals surface area contributed by atoms with Gasteiger partial charge in [-0.2, -0.15) is 0 Å². The quantitative estimate of drug-likeness (QED) is 0.453. The molecule has 3 aromatic carbocycles. The van der Waals surface area contributed by atoms with Crippen LogP contribution in [-0.2, 0) is 17.1 Å². The molecule has 3 heteroatoms. The molecule has 0 bridgehead atoms. The van der Waals surface area contributed by atoms with Gasteiger partial charge >= 0.3 is 136 Å². The summed E-state index contributed by atoms with van der Waals surface area (Å²) >= 11 is 1.21. The van der Waals surface area contributed by atoms with Crippen molar-refractivity contribution < 1.29 is 17.1 Å². The van der Waals surface area contributed by atoms with E-state index in [0.29, 0.717) is 0 Å². The number of rotatable bonds is 3. The van der Waals surface area contributed by atoms with Crippen molar-refractivity contribution >= 4 is 44.7 Å². The zero-order valence-corrected chi connectivity index (χ0v) is 17.4. The summed E-state index contributed by atoms with van der Waals surface area (Å²) in [4.78, 5) is 0. The molecule has 0 aliphatic rings. The first-order valence-electron chi connectivity index (χ1n) is 7.16. The Labute approximate surface area is 152 Å². The summed E-state index contributed by atoms with van der Waals surface area (Å²) in [6, 6.07) is 28.9. The molecule has 0 amide bonds.